The van der Waals surface area contributed by atoms with Crippen molar-refractivity contribution in [2.45, 2.75) is 38.4 Å². The molecule has 3 aromatic rings. The van der Waals surface area contributed by atoms with Gasteiger partial charge in [0, 0.05) is 35.6 Å². The summed E-state index contributed by atoms with van der Waals surface area (Å²) in [6, 6.07) is 18.9. The van der Waals surface area contributed by atoms with Crippen molar-refractivity contribution in [3.05, 3.63) is 77.9 Å². The van der Waals surface area contributed by atoms with Gasteiger partial charge in [-0.2, -0.15) is 13.2 Å². The smallest absolute Gasteiger partial charge is 0.325 e. The van der Waals surface area contributed by atoms with E-state index in [2.05, 4.69) is 31.0 Å². The Morgan fingerprint density at radius 1 is 0.906 bits per heavy atom. The Balaban J connectivity index is 1.64. The van der Waals surface area contributed by atoms with Gasteiger partial charge in [0.05, 0.1) is 11.5 Å². The number of hydrogen-bond donors (Lipinski definition) is 1. The molecule has 0 bridgehead atoms. The van der Waals surface area contributed by atoms with Crippen molar-refractivity contribution in [2.24, 2.45) is 5.92 Å². The van der Waals surface area contributed by atoms with Crippen LogP contribution >= 0.6 is 0 Å². The normalized spacial score (nSPS) is 19.9. The van der Waals surface area contributed by atoms with E-state index in [9.17, 15) is 18.0 Å². The van der Waals surface area contributed by atoms with Crippen LogP contribution in [0, 0.1) is 5.92 Å². The van der Waals surface area contributed by atoms with Crippen molar-refractivity contribution < 1.29 is 18.0 Å². The number of nitrogens with zero attached hydrogens (tertiary/aromatic N) is 1. The Morgan fingerprint density at radius 2 is 1.56 bits per heavy atom. The summed E-state index contributed by atoms with van der Waals surface area (Å²) in [4.78, 5) is 15.6. The molecule has 1 N–H and O–H groups in total. The summed E-state index contributed by atoms with van der Waals surface area (Å²) in [5.74, 6) is -0.672. The van der Waals surface area contributed by atoms with Gasteiger partial charge in [-0.05, 0) is 49.9 Å². The van der Waals surface area contributed by atoms with Gasteiger partial charge in [0.25, 0.3) is 0 Å². The summed E-state index contributed by atoms with van der Waals surface area (Å²) in [6.45, 7) is 7.42. The molecule has 0 unspecified atom stereocenters. The highest BCUT2D eigenvalue weighted by Gasteiger charge is 2.42. The first kappa shape index (κ1) is 22.3. The number of rotatable bonds is 3. The Hall–Kier alpha value is -2.86. The van der Waals surface area contributed by atoms with Gasteiger partial charge < -0.3 is 5.32 Å². The summed E-state index contributed by atoms with van der Waals surface area (Å²) < 4.78 is 39.1. The molecule has 168 valence electrons. The minimum atomic E-state index is -4.38. The average Bonchev–Trinajstić information content (AvgIpc) is 3.20. The standard InChI is InChI=1S/C26H27F3N2O/c1-25(2,3)31-15-21(18-11-13-19(14-12-18)26(27,28)29)22(16-31)24(32)30-23-10-6-8-17-7-4-5-9-20(17)23/h4-14,21-22H,15-16H2,1-3H3,(H,30,32)/t21-,22+/m0/s1. The van der Waals surface area contributed by atoms with E-state index in [1.54, 1.807) is 0 Å². The van der Waals surface area contributed by atoms with Gasteiger partial charge in [0.15, 0.2) is 0 Å². The van der Waals surface area contributed by atoms with Crippen LogP contribution in [0.2, 0.25) is 0 Å². The zero-order valence-corrected chi connectivity index (χ0v) is 18.4. The molecule has 3 nitrogen and oxygen atoms in total. The van der Waals surface area contributed by atoms with Gasteiger partial charge in [0.1, 0.15) is 0 Å². The number of nitrogens with one attached hydrogen (secondary N) is 1. The lowest BCUT2D eigenvalue weighted by Crippen LogP contribution is -2.40. The van der Waals surface area contributed by atoms with Crippen molar-refractivity contribution >= 4 is 22.4 Å². The van der Waals surface area contributed by atoms with E-state index in [4.69, 9.17) is 0 Å². The number of alkyl halides is 3. The second-order valence-electron chi connectivity index (χ2n) is 9.42. The summed E-state index contributed by atoms with van der Waals surface area (Å²) in [7, 11) is 0. The van der Waals surface area contributed by atoms with E-state index < -0.39 is 11.7 Å². The fourth-order valence-corrected chi connectivity index (χ4v) is 4.43. The quantitative estimate of drug-likeness (QED) is 0.518. The Morgan fingerprint density at radius 3 is 2.22 bits per heavy atom. The summed E-state index contributed by atoms with van der Waals surface area (Å²) in [6.07, 6.45) is -4.38. The van der Waals surface area contributed by atoms with E-state index >= 15 is 0 Å². The summed E-state index contributed by atoms with van der Waals surface area (Å²) in [5.41, 5.74) is 0.665. The minimum Gasteiger partial charge on any atom is -0.325 e. The average molecular weight is 441 g/mol. The van der Waals surface area contributed by atoms with Crippen molar-refractivity contribution in [3.63, 3.8) is 0 Å². The Bertz CT molecular complexity index is 1110. The fourth-order valence-electron chi connectivity index (χ4n) is 4.43. The van der Waals surface area contributed by atoms with Gasteiger partial charge in [-0.25, -0.2) is 0 Å². The molecule has 0 aromatic heterocycles. The number of hydrogen-bond acceptors (Lipinski definition) is 2. The molecule has 0 radical (unpaired) electrons. The number of likely N-dealkylation sites (tertiary alicyclic amines) is 1. The minimum absolute atomic E-state index is 0.113. The van der Waals surface area contributed by atoms with E-state index in [1.165, 1.54) is 12.1 Å². The SMILES string of the molecule is CC(C)(C)N1C[C@@H](C(=O)Nc2cccc3ccccc23)[C@H](c2ccc(C(F)(F)F)cc2)C1. The maximum absolute atomic E-state index is 13.4. The van der Waals surface area contributed by atoms with Gasteiger partial charge in [0.2, 0.25) is 5.91 Å². The monoisotopic (exact) mass is 440 g/mol. The van der Waals surface area contributed by atoms with Crippen molar-refractivity contribution in [3.8, 4) is 0 Å². The predicted octanol–water partition coefficient (Wildman–Crippen LogP) is 6.31. The molecule has 1 saturated heterocycles. The zero-order chi connectivity index (χ0) is 23.1. The molecule has 4 rings (SSSR count). The molecule has 6 heteroatoms. The largest absolute Gasteiger partial charge is 0.416 e. The van der Waals surface area contributed by atoms with Gasteiger partial charge in [-0.1, -0.05) is 48.5 Å². The number of benzene rings is 3. The molecule has 0 saturated carbocycles. The highest BCUT2D eigenvalue weighted by molar-refractivity contribution is 6.03. The van der Waals surface area contributed by atoms with Crippen LogP contribution in [0.3, 0.4) is 0 Å². The van der Waals surface area contributed by atoms with E-state index in [0.29, 0.717) is 13.1 Å². The topological polar surface area (TPSA) is 32.3 Å². The number of carbonyl (C=O) groups excluding carboxylic acids is 1. The molecule has 1 fully saturated rings. The van der Waals surface area contributed by atoms with E-state index in [1.807, 2.05) is 42.5 Å². The predicted molar refractivity (Wildman–Crippen MR) is 122 cm³/mol. The number of halogens is 3. The molecule has 2 atom stereocenters. The van der Waals surface area contributed by atoms with Crippen LogP contribution in [0.5, 0.6) is 0 Å². The maximum Gasteiger partial charge on any atom is 0.416 e. The van der Waals surface area contributed by atoms with Crippen LogP contribution in [0.25, 0.3) is 10.8 Å². The Kier molecular flexibility index (Phi) is 5.76. The van der Waals surface area contributed by atoms with E-state index in [-0.39, 0.29) is 23.3 Å². The van der Waals surface area contributed by atoms with Crippen LogP contribution in [-0.4, -0.2) is 29.4 Å². The van der Waals surface area contributed by atoms with Crippen LogP contribution in [0.15, 0.2) is 66.7 Å². The first-order valence-corrected chi connectivity index (χ1v) is 10.7. The molecule has 0 aliphatic carbocycles. The first-order chi connectivity index (χ1) is 15.0. The summed E-state index contributed by atoms with van der Waals surface area (Å²) in [5, 5.41) is 5.08. The maximum atomic E-state index is 13.4. The third-order valence-electron chi connectivity index (χ3n) is 6.32. The zero-order valence-electron chi connectivity index (χ0n) is 18.4. The molecular weight excluding hydrogens is 413 g/mol. The number of fused-ring (bicyclic) bond motifs is 1. The fraction of sp³-hybridized carbons (Fsp3) is 0.346. The van der Waals surface area contributed by atoms with Crippen LogP contribution in [0.4, 0.5) is 18.9 Å². The molecule has 3 aromatic carbocycles. The lowest BCUT2D eigenvalue weighted by Gasteiger charge is -2.31. The second-order valence-corrected chi connectivity index (χ2v) is 9.42. The number of amides is 1. The molecule has 0 spiro atoms. The molecular formula is C26H27F3N2O. The van der Waals surface area contributed by atoms with Crippen LogP contribution < -0.4 is 5.32 Å². The number of anilines is 1. The highest BCUT2D eigenvalue weighted by atomic mass is 19.4. The molecule has 1 aliphatic heterocycles. The Labute approximate surface area is 186 Å². The van der Waals surface area contributed by atoms with Crippen molar-refractivity contribution in [1.29, 1.82) is 0 Å². The van der Waals surface area contributed by atoms with E-state index in [0.717, 1.165) is 34.2 Å². The third kappa shape index (κ3) is 4.51. The molecule has 32 heavy (non-hydrogen) atoms. The lowest BCUT2D eigenvalue weighted by molar-refractivity contribution is -0.137. The first-order valence-electron chi connectivity index (χ1n) is 10.7. The lowest BCUT2D eigenvalue weighted by atomic mass is 9.87. The van der Waals surface area contributed by atoms with Crippen molar-refractivity contribution in [1.82, 2.24) is 4.90 Å². The number of carbonyl (C=O) groups is 1. The van der Waals surface area contributed by atoms with Crippen LogP contribution in [0.1, 0.15) is 37.8 Å². The third-order valence-corrected chi connectivity index (χ3v) is 6.32. The molecule has 1 aliphatic rings. The van der Waals surface area contributed by atoms with Gasteiger partial charge in [-0.15, -0.1) is 0 Å². The van der Waals surface area contributed by atoms with Gasteiger partial charge >= 0.3 is 6.18 Å². The molecule has 1 heterocycles. The van der Waals surface area contributed by atoms with Gasteiger partial charge in [-0.3, -0.25) is 9.69 Å². The second kappa shape index (κ2) is 8.24. The summed E-state index contributed by atoms with van der Waals surface area (Å²) >= 11 is 0. The van der Waals surface area contributed by atoms with Crippen LogP contribution in [-0.2, 0) is 11.0 Å². The molecule has 1 amide bonds. The van der Waals surface area contributed by atoms with Crippen molar-refractivity contribution in [2.75, 3.05) is 18.4 Å². The highest BCUT2D eigenvalue weighted by Crippen LogP contribution is 2.38.